The normalized spacial score (nSPS) is 12.2. The zero-order valence-corrected chi connectivity index (χ0v) is 9.96. The Labute approximate surface area is 99.6 Å². The van der Waals surface area contributed by atoms with E-state index in [-0.39, 0.29) is 18.2 Å². The number of aryl methyl sites for hydroxylation is 1. The van der Waals surface area contributed by atoms with Gasteiger partial charge in [0.25, 0.3) is 5.91 Å². The van der Waals surface area contributed by atoms with Crippen molar-refractivity contribution in [2.75, 3.05) is 12.3 Å². The topological polar surface area (TPSA) is 75.3 Å². The number of hydrogen-bond donors (Lipinski definition) is 3. The van der Waals surface area contributed by atoms with Crippen LogP contribution in [0.3, 0.4) is 0 Å². The minimum Gasteiger partial charge on any atom is -0.399 e. The summed E-state index contributed by atoms with van der Waals surface area (Å²) in [5, 5.41) is 11.5. The van der Waals surface area contributed by atoms with E-state index in [0.717, 1.165) is 0 Å². The van der Waals surface area contributed by atoms with Crippen molar-refractivity contribution in [1.82, 2.24) is 5.32 Å². The number of carbonyl (C=O) groups excluding carboxylic acids is 1. The highest BCUT2D eigenvalue weighted by Crippen LogP contribution is 2.17. The summed E-state index contributed by atoms with van der Waals surface area (Å²) in [5.74, 6) is -1.14. The second-order valence-electron chi connectivity index (χ2n) is 3.96. The summed E-state index contributed by atoms with van der Waals surface area (Å²) in [6, 6.07) is 2.39. The molecule has 0 spiro atoms. The average molecular weight is 240 g/mol. The molecule has 0 radical (unpaired) electrons. The van der Waals surface area contributed by atoms with E-state index < -0.39 is 11.7 Å². The van der Waals surface area contributed by atoms with Gasteiger partial charge in [0.15, 0.2) is 0 Å². The van der Waals surface area contributed by atoms with Gasteiger partial charge in [0, 0.05) is 5.69 Å². The Hall–Kier alpha value is -1.62. The molecule has 1 aromatic carbocycles. The van der Waals surface area contributed by atoms with Crippen LogP contribution in [0.2, 0.25) is 0 Å². The number of rotatable bonds is 4. The highest BCUT2D eigenvalue weighted by atomic mass is 19.1. The van der Waals surface area contributed by atoms with Crippen molar-refractivity contribution in [3.05, 3.63) is 29.1 Å². The van der Waals surface area contributed by atoms with Crippen LogP contribution >= 0.6 is 0 Å². The Bertz CT molecular complexity index is 417. The van der Waals surface area contributed by atoms with Gasteiger partial charge in [0.05, 0.1) is 18.2 Å². The predicted octanol–water partition coefficient (Wildman–Crippen LogP) is 1.22. The van der Waals surface area contributed by atoms with Gasteiger partial charge in [0.1, 0.15) is 5.82 Å². The van der Waals surface area contributed by atoms with Gasteiger partial charge in [-0.3, -0.25) is 4.79 Å². The number of halogens is 1. The maximum absolute atomic E-state index is 13.7. The molecule has 0 heterocycles. The fraction of sp³-hybridized carbons (Fsp3) is 0.417. The lowest BCUT2D eigenvalue weighted by atomic mass is 10.1. The Kier molecular flexibility index (Phi) is 4.45. The van der Waals surface area contributed by atoms with Crippen molar-refractivity contribution < 1.29 is 14.3 Å². The number of amides is 1. The lowest BCUT2D eigenvalue weighted by Gasteiger charge is -2.15. The number of benzene rings is 1. The molecule has 1 unspecified atom stereocenters. The summed E-state index contributed by atoms with van der Waals surface area (Å²) < 4.78 is 13.7. The Morgan fingerprint density at radius 1 is 1.59 bits per heavy atom. The number of aliphatic hydroxyl groups excluding tert-OH is 1. The molecule has 1 aromatic rings. The summed E-state index contributed by atoms with van der Waals surface area (Å²) in [4.78, 5) is 11.8. The van der Waals surface area contributed by atoms with Crippen LogP contribution in [0.25, 0.3) is 0 Å². The molecule has 17 heavy (non-hydrogen) atoms. The maximum atomic E-state index is 13.7. The summed E-state index contributed by atoms with van der Waals surface area (Å²) in [5.41, 5.74) is 6.14. The van der Waals surface area contributed by atoms with E-state index in [9.17, 15) is 9.18 Å². The van der Waals surface area contributed by atoms with Crippen LogP contribution in [-0.2, 0) is 0 Å². The number of aliphatic hydroxyl groups is 1. The minimum atomic E-state index is -0.579. The number of nitrogens with one attached hydrogen (secondary N) is 1. The summed E-state index contributed by atoms with van der Waals surface area (Å²) >= 11 is 0. The van der Waals surface area contributed by atoms with Crippen molar-refractivity contribution in [1.29, 1.82) is 0 Å². The van der Waals surface area contributed by atoms with E-state index in [1.807, 2.05) is 6.92 Å². The van der Waals surface area contributed by atoms with Crippen LogP contribution < -0.4 is 11.1 Å². The first-order valence-electron chi connectivity index (χ1n) is 5.46. The summed E-state index contributed by atoms with van der Waals surface area (Å²) in [6.07, 6.45) is 0.575. The van der Waals surface area contributed by atoms with E-state index in [4.69, 9.17) is 10.8 Å². The third-order valence-electron chi connectivity index (χ3n) is 2.57. The predicted molar refractivity (Wildman–Crippen MR) is 64.2 cm³/mol. The molecule has 1 rings (SSSR count). The van der Waals surface area contributed by atoms with Crippen LogP contribution in [0.15, 0.2) is 12.1 Å². The molecule has 0 bridgehead atoms. The van der Waals surface area contributed by atoms with E-state index in [0.29, 0.717) is 17.7 Å². The van der Waals surface area contributed by atoms with Gasteiger partial charge in [0.2, 0.25) is 0 Å². The van der Waals surface area contributed by atoms with Crippen molar-refractivity contribution >= 4 is 11.6 Å². The third kappa shape index (κ3) is 3.17. The van der Waals surface area contributed by atoms with Gasteiger partial charge in [-0.2, -0.15) is 0 Å². The van der Waals surface area contributed by atoms with Gasteiger partial charge < -0.3 is 16.2 Å². The number of anilines is 1. The Balaban J connectivity index is 2.96. The lowest BCUT2D eigenvalue weighted by molar-refractivity contribution is 0.0910. The number of nitrogen functional groups attached to an aromatic ring is 1. The average Bonchev–Trinajstić information content (AvgIpc) is 2.30. The van der Waals surface area contributed by atoms with Crippen molar-refractivity contribution in [3.63, 3.8) is 0 Å². The second-order valence-corrected chi connectivity index (χ2v) is 3.96. The first kappa shape index (κ1) is 13.4. The van der Waals surface area contributed by atoms with E-state index >= 15 is 0 Å². The van der Waals surface area contributed by atoms with Crippen LogP contribution in [0.5, 0.6) is 0 Å². The van der Waals surface area contributed by atoms with Gasteiger partial charge in [-0.15, -0.1) is 0 Å². The van der Waals surface area contributed by atoms with Gasteiger partial charge in [-0.1, -0.05) is 6.92 Å². The van der Waals surface area contributed by atoms with Crippen LogP contribution in [0, 0.1) is 12.7 Å². The molecule has 0 aliphatic heterocycles. The highest BCUT2D eigenvalue weighted by molar-refractivity contribution is 5.95. The molecule has 0 saturated heterocycles. The van der Waals surface area contributed by atoms with E-state index in [1.165, 1.54) is 12.1 Å². The van der Waals surface area contributed by atoms with Crippen LogP contribution in [-0.4, -0.2) is 23.7 Å². The molecule has 0 aliphatic rings. The fourth-order valence-corrected chi connectivity index (χ4v) is 1.50. The van der Waals surface area contributed by atoms with Gasteiger partial charge in [-0.05, 0) is 31.0 Å². The first-order valence-corrected chi connectivity index (χ1v) is 5.46. The molecule has 0 fully saturated rings. The number of carbonyl (C=O) groups is 1. The lowest BCUT2D eigenvalue weighted by Crippen LogP contribution is -2.37. The fourth-order valence-electron chi connectivity index (χ4n) is 1.50. The molecular formula is C12H17FN2O2. The molecule has 0 aromatic heterocycles. The Morgan fingerprint density at radius 3 is 2.76 bits per heavy atom. The molecular weight excluding hydrogens is 223 g/mol. The monoisotopic (exact) mass is 240 g/mol. The third-order valence-corrected chi connectivity index (χ3v) is 2.57. The van der Waals surface area contributed by atoms with Crippen molar-refractivity contribution in [3.8, 4) is 0 Å². The highest BCUT2D eigenvalue weighted by Gasteiger charge is 2.17. The molecule has 4 N–H and O–H groups in total. The van der Waals surface area contributed by atoms with Crippen LogP contribution in [0.4, 0.5) is 10.1 Å². The zero-order chi connectivity index (χ0) is 13.0. The summed E-state index contributed by atoms with van der Waals surface area (Å²) in [7, 11) is 0. The molecule has 0 aliphatic carbocycles. The second kappa shape index (κ2) is 5.63. The molecule has 94 valence electrons. The van der Waals surface area contributed by atoms with Crippen molar-refractivity contribution in [2.24, 2.45) is 0 Å². The standard InChI is InChI=1S/C12H17FN2O2/c1-3-9(6-16)15-12(17)10-5-8(14)4-7(2)11(10)13/h4-5,9,16H,3,6,14H2,1-2H3,(H,15,17). The Morgan fingerprint density at radius 2 is 2.24 bits per heavy atom. The van der Waals surface area contributed by atoms with Crippen molar-refractivity contribution in [2.45, 2.75) is 26.3 Å². The smallest absolute Gasteiger partial charge is 0.254 e. The number of hydrogen-bond acceptors (Lipinski definition) is 3. The molecule has 1 amide bonds. The van der Waals surface area contributed by atoms with Crippen LogP contribution in [0.1, 0.15) is 29.3 Å². The SMILES string of the molecule is CCC(CO)NC(=O)c1cc(N)cc(C)c1F. The molecule has 4 nitrogen and oxygen atoms in total. The quantitative estimate of drug-likeness (QED) is 0.692. The van der Waals surface area contributed by atoms with E-state index in [1.54, 1.807) is 6.92 Å². The summed E-state index contributed by atoms with van der Waals surface area (Å²) in [6.45, 7) is 3.19. The van der Waals surface area contributed by atoms with E-state index in [2.05, 4.69) is 5.32 Å². The molecule has 1 atom stereocenters. The molecule has 5 heteroatoms. The van der Waals surface area contributed by atoms with Gasteiger partial charge >= 0.3 is 0 Å². The maximum Gasteiger partial charge on any atom is 0.254 e. The van der Waals surface area contributed by atoms with Gasteiger partial charge in [-0.25, -0.2) is 4.39 Å². The zero-order valence-electron chi connectivity index (χ0n) is 9.96. The molecule has 0 saturated carbocycles. The first-order chi connectivity index (χ1) is 7.99. The number of nitrogens with two attached hydrogens (primary N) is 1. The largest absolute Gasteiger partial charge is 0.399 e. The minimum absolute atomic E-state index is 0.0885.